The summed E-state index contributed by atoms with van der Waals surface area (Å²) < 4.78 is 32.8. The summed E-state index contributed by atoms with van der Waals surface area (Å²) in [7, 11) is 0. The second-order valence-electron chi connectivity index (χ2n) is 5.45. The van der Waals surface area contributed by atoms with Crippen LogP contribution in [0.3, 0.4) is 0 Å². The van der Waals surface area contributed by atoms with E-state index in [9.17, 15) is 13.6 Å². The van der Waals surface area contributed by atoms with E-state index in [-0.39, 0.29) is 24.1 Å². The van der Waals surface area contributed by atoms with E-state index in [1.807, 2.05) is 30.3 Å². The zero-order chi connectivity index (χ0) is 17.8. The molecule has 1 amide bonds. The number of amides is 1. The fourth-order valence-electron chi connectivity index (χ4n) is 2.25. The van der Waals surface area contributed by atoms with Crippen molar-refractivity contribution in [1.29, 1.82) is 0 Å². The van der Waals surface area contributed by atoms with Crippen molar-refractivity contribution >= 4 is 5.91 Å². The van der Waals surface area contributed by atoms with Gasteiger partial charge in [0.15, 0.2) is 0 Å². The first-order chi connectivity index (χ1) is 12.0. The predicted molar refractivity (Wildman–Crippen MR) is 86.9 cm³/mol. The summed E-state index contributed by atoms with van der Waals surface area (Å²) in [4.78, 5) is 12.0. The van der Waals surface area contributed by atoms with Crippen molar-refractivity contribution in [2.45, 2.75) is 13.3 Å². The molecule has 3 aromatic rings. The first-order valence-electron chi connectivity index (χ1n) is 7.66. The third-order valence-electron chi connectivity index (χ3n) is 3.60. The Hall–Kier alpha value is -3.09. The molecule has 1 heterocycles. The third-order valence-corrected chi connectivity index (χ3v) is 3.60. The highest BCUT2D eigenvalue weighted by Gasteiger charge is 2.15. The van der Waals surface area contributed by atoms with Crippen molar-refractivity contribution in [2.75, 3.05) is 6.54 Å². The van der Waals surface area contributed by atoms with Crippen molar-refractivity contribution < 1.29 is 18.0 Å². The number of aryl methyl sites for hydroxylation is 1. The highest BCUT2D eigenvalue weighted by atomic mass is 19.1. The molecule has 0 bridgehead atoms. The zero-order valence-electron chi connectivity index (χ0n) is 13.4. The number of aromatic nitrogens is 2. The molecule has 0 atom stereocenters. The van der Waals surface area contributed by atoms with Crippen LogP contribution < -0.4 is 5.32 Å². The number of rotatable bonds is 5. The SMILES string of the molecule is Cc1cc(F)c(C(=O)NCCc2nnc(-c3ccccc3)o2)cc1F. The van der Waals surface area contributed by atoms with E-state index >= 15 is 0 Å². The van der Waals surface area contributed by atoms with Crippen LogP contribution >= 0.6 is 0 Å². The molecule has 5 nitrogen and oxygen atoms in total. The maximum absolute atomic E-state index is 13.8. The molecule has 2 aromatic carbocycles. The first kappa shape index (κ1) is 16.8. The summed E-state index contributed by atoms with van der Waals surface area (Å²) in [6.45, 7) is 1.59. The largest absolute Gasteiger partial charge is 0.421 e. The Balaban J connectivity index is 1.59. The van der Waals surface area contributed by atoms with Crippen LogP contribution in [0.2, 0.25) is 0 Å². The molecule has 128 valence electrons. The van der Waals surface area contributed by atoms with Crippen LogP contribution in [0.5, 0.6) is 0 Å². The average molecular weight is 343 g/mol. The molecule has 0 spiro atoms. The minimum absolute atomic E-state index is 0.147. The molecule has 0 aliphatic rings. The van der Waals surface area contributed by atoms with E-state index in [0.29, 0.717) is 11.8 Å². The molecule has 1 aromatic heterocycles. The lowest BCUT2D eigenvalue weighted by molar-refractivity contribution is 0.0949. The van der Waals surface area contributed by atoms with Gasteiger partial charge in [-0.3, -0.25) is 4.79 Å². The number of hydrogen-bond acceptors (Lipinski definition) is 4. The predicted octanol–water partition coefficient (Wildman–Crippen LogP) is 3.30. The minimum Gasteiger partial charge on any atom is -0.421 e. The average Bonchev–Trinajstić information content (AvgIpc) is 3.08. The van der Waals surface area contributed by atoms with Gasteiger partial charge >= 0.3 is 0 Å². The van der Waals surface area contributed by atoms with E-state index in [1.54, 1.807) is 0 Å². The Morgan fingerprint density at radius 3 is 2.64 bits per heavy atom. The number of halogens is 2. The Morgan fingerprint density at radius 1 is 1.12 bits per heavy atom. The minimum atomic E-state index is -0.763. The molecular weight excluding hydrogens is 328 g/mol. The van der Waals surface area contributed by atoms with Crippen molar-refractivity contribution in [2.24, 2.45) is 0 Å². The number of hydrogen-bond donors (Lipinski definition) is 1. The smallest absolute Gasteiger partial charge is 0.254 e. The van der Waals surface area contributed by atoms with Gasteiger partial charge < -0.3 is 9.73 Å². The maximum Gasteiger partial charge on any atom is 0.254 e. The van der Waals surface area contributed by atoms with Gasteiger partial charge in [0.1, 0.15) is 11.6 Å². The van der Waals surface area contributed by atoms with Gasteiger partial charge in [-0.15, -0.1) is 10.2 Å². The van der Waals surface area contributed by atoms with Crippen molar-refractivity contribution in [1.82, 2.24) is 15.5 Å². The molecule has 0 radical (unpaired) electrons. The molecule has 0 saturated carbocycles. The number of nitrogens with one attached hydrogen (secondary N) is 1. The van der Waals surface area contributed by atoms with Crippen LogP contribution in [0.1, 0.15) is 21.8 Å². The Labute approximate surface area is 142 Å². The fourth-order valence-corrected chi connectivity index (χ4v) is 2.25. The fraction of sp³-hybridized carbons (Fsp3) is 0.167. The number of carbonyl (C=O) groups excluding carboxylic acids is 1. The number of nitrogens with zero attached hydrogens (tertiary/aromatic N) is 2. The highest BCUT2D eigenvalue weighted by Crippen LogP contribution is 2.17. The Morgan fingerprint density at radius 2 is 1.88 bits per heavy atom. The topological polar surface area (TPSA) is 68.0 Å². The lowest BCUT2D eigenvalue weighted by Crippen LogP contribution is -2.26. The number of benzene rings is 2. The van der Waals surface area contributed by atoms with Crippen LogP contribution in [0.4, 0.5) is 8.78 Å². The molecule has 0 fully saturated rings. The molecule has 0 saturated heterocycles. The summed E-state index contributed by atoms with van der Waals surface area (Å²) in [5, 5.41) is 10.4. The van der Waals surface area contributed by atoms with Gasteiger partial charge in [-0.2, -0.15) is 0 Å². The van der Waals surface area contributed by atoms with Gasteiger partial charge in [-0.1, -0.05) is 18.2 Å². The summed E-state index contributed by atoms with van der Waals surface area (Å²) in [6.07, 6.45) is 0.279. The van der Waals surface area contributed by atoms with Crippen molar-refractivity contribution in [3.8, 4) is 11.5 Å². The van der Waals surface area contributed by atoms with Gasteiger partial charge in [0.05, 0.1) is 5.56 Å². The lowest BCUT2D eigenvalue weighted by Gasteiger charge is -2.06. The van der Waals surface area contributed by atoms with E-state index in [4.69, 9.17) is 4.42 Å². The quantitative estimate of drug-likeness (QED) is 0.772. The molecule has 0 aliphatic heterocycles. The van der Waals surface area contributed by atoms with E-state index in [1.165, 1.54) is 6.92 Å². The van der Waals surface area contributed by atoms with E-state index < -0.39 is 17.5 Å². The monoisotopic (exact) mass is 343 g/mol. The lowest BCUT2D eigenvalue weighted by atomic mass is 10.1. The maximum atomic E-state index is 13.8. The second kappa shape index (κ2) is 7.21. The molecule has 0 unspecified atom stereocenters. The molecule has 3 rings (SSSR count). The van der Waals surface area contributed by atoms with Crippen LogP contribution in [0, 0.1) is 18.6 Å². The molecular formula is C18H15F2N3O2. The Kier molecular flexibility index (Phi) is 4.83. The summed E-state index contributed by atoms with van der Waals surface area (Å²) in [5.41, 5.74) is 0.606. The standard InChI is InChI=1S/C18H15F2N3O2/c1-11-9-15(20)13(10-14(11)19)17(24)21-8-7-16-22-23-18(25-16)12-5-3-2-4-6-12/h2-6,9-10H,7-8H2,1H3,(H,21,24). The molecule has 1 N–H and O–H groups in total. The van der Waals surface area contributed by atoms with Gasteiger partial charge in [0.25, 0.3) is 5.91 Å². The van der Waals surface area contributed by atoms with E-state index in [2.05, 4.69) is 15.5 Å². The molecule has 0 aliphatic carbocycles. The van der Waals surface area contributed by atoms with Crippen LogP contribution in [-0.4, -0.2) is 22.6 Å². The summed E-state index contributed by atoms with van der Waals surface area (Å²) in [6, 6.07) is 11.2. The molecule has 25 heavy (non-hydrogen) atoms. The third kappa shape index (κ3) is 3.88. The van der Waals surface area contributed by atoms with E-state index in [0.717, 1.165) is 17.7 Å². The van der Waals surface area contributed by atoms with Crippen molar-refractivity contribution in [3.05, 3.63) is 71.1 Å². The highest BCUT2D eigenvalue weighted by molar-refractivity contribution is 5.94. The van der Waals surface area contributed by atoms with Gasteiger partial charge in [-0.05, 0) is 36.8 Å². The normalized spacial score (nSPS) is 10.7. The number of carbonyl (C=O) groups is 1. The van der Waals surface area contributed by atoms with Crippen LogP contribution in [0.15, 0.2) is 46.9 Å². The van der Waals surface area contributed by atoms with Crippen LogP contribution in [0.25, 0.3) is 11.5 Å². The van der Waals surface area contributed by atoms with Gasteiger partial charge in [-0.25, -0.2) is 8.78 Å². The van der Waals surface area contributed by atoms with Crippen LogP contribution in [-0.2, 0) is 6.42 Å². The summed E-state index contributed by atoms with van der Waals surface area (Å²) in [5.74, 6) is -1.36. The molecule has 7 heteroatoms. The summed E-state index contributed by atoms with van der Waals surface area (Å²) >= 11 is 0. The van der Waals surface area contributed by atoms with Gasteiger partial charge in [0.2, 0.25) is 11.8 Å². The van der Waals surface area contributed by atoms with Crippen molar-refractivity contribution in [3.63, 3.8) is 0 Å². The van der Waals surface area contributed by atoms with Gasteiger partial charge in [0, 0.05) is 18.5 Å². The Bertz CT molecular complexity index is 895. The second-order valence-corrected chi connectivity index (χ2v) is 5.45. The first-order valence-corrected chi connectivity index (χ1v) is 7.66. The zero-order valence-corrected chi connectivity index (χ0v) is 13.4.